The Kier molecular flexibility index (Phi) is 5.90. The first-order valence-electron chi connectivity index (χ1n) is 9.77. The lowest BCUT2D eigenvalue weighted by molar-refractivity contribution is 0.0240. The van der Waals surface area contributed by atoms with Crippen LogP contribution < -0.4 is 4.90 Å². The Labute approximate surface area is 165 Å². The van der Waals surface area contributed by atoms with Crippen molar-refractivity contribution in [3.63, 3.8) is 0 Å². The first-order valence-corrected chi connectivity index (χ1v) is 9.77. The Morgan fingerprint density at radius 1 is 1.04 bits per heavy atom. The molecule has 154 valence electrons. The van der Waals surface area contributed by atoms with Crippen LogP contribution in [0.4, 0.5) is 15.4 Å². The van der Waals surface area contributed by atoms with Crippen molar-refractivity contribution in [3.05, 3.63) is 17.3 Å². The lowest BCUT2D eigenvalue weighted by atomic mass is 10.1. The van der Waals surface area contributed by atoms with Gasteiger partial charge in [-0.2, -0.15) is 5.10 Å². The van der Waals surface area contributed by atoms with Crippen molar-refractivity contribution < 1.29 is 19.1 Å². The van der Waals surface area contributed by atoms with E-state index in [0.29, 0.717) is 52.3 Å². The summed E-state index contributed by atoms with van der Waals surface area (Å²) in [5.74, 6) is 0.772. The van der Waals surface area contributed by atoms with Gasteiger partial charge in [0, 0.05) is 39.1 Å². The van der Waals surface area contributed by atoms with Crippen molar-refractivity contribution in [1.82, 2.24) is 20.0 Å². The highest BCUT2D eigenvalue weighted by Crippen LogP contribution is 2.22. The molecule has 0 aromatic carbocycles. The molecule has 28 heavy (non-hydrogen) atoms. The molecule has 3 rings (SSSR count). The summed E-state index contributed by atoms with van der Waals surface area (Å²) in [6.45, 7) is 11.3. The molecule has 0 saturated carbocycles. The first kappa shape index (κ1) is 20.2. The smallest absolute Gasteiger partial charge is 0.410 e. The van der Waals surface area contributed by atoms with Crippen LogP contribution in [0.1, 0.15) is 39.0 Å². The summed E-state index contributed by atoms with van der Waals surface area (Å²) in [6.07, 6.45) is 0.0969. The maximum atomic E-state index is 12.2. The number of nitrogens with zero attached hydrogens (tertiary/aromatic N) is 5. The van der Waals surface area contributed by atoms with Crippen molar-refractivity contribution in [1.29, 1.82) is 0 Å². The predicted molar refractivity (Wildman–Crippen MR) is 103 cm³/mol. The molecule has 3 heterocycles. The molecule has 1 saturated heterocycles. The molecule has 1 aromatic rings. The molecule has 0 bridgehead atoms. The second-order valence-electron chi connectivity index (χ2n) is 8.00. The van der Waals surface area contributed by atoms with Crippen LogP contribution in [-0.4, -0.2) is 77.1 Å². The lowest BCUT2D eigenvalue weighted by Crippen LogP contribution is -2.50. The van der Waals surface area contributed by atoms with Crippen LogP contribution in [0.15, 0.2) is 6.07 Å². The first-order chi connectivity index (χ1) is 13.3. The van der Waals surface area contributed by atoms with Crippen molar-refractivity contribution in [2.45, 2.75) is 46.3 Å². The Morgan fingerprint density at radius 2 is 1.75 bits per heavy atom. The van der Waals surface area contributed by atoms with Gasteiger partial charge in [0.05, 0.1) is 18.8 Å². The average Bonchev–Trinajstić information content (AvgIpc) is 2.66. The van der Waals surface area contributed by atoms with Gasteiger partial charge >= 0.3 is 12.2 Å². The maximum absolute atomic E-state index is 12.2. The fourth-order valence-corrected chi connectivity index (χ4v) is 3.29. The van der Waals surface area contributed by atoms with Crippen molar-refractivity contribution in [3.8, 4) is 0 Å². The molecule has 1 fully saturated rings. The summed E-state index contributed by atoms with van der Waals surface area (Å²) in [7, 11) is 0. The minimum Gasteiger partial charge on any atom is -0.450 e. The third kappa shape index (κ3) is 4.82. The van der Waals surface area contributed by atoms with Crippen LogP contribution in [0.25, 0.3) is 0 Å². The van der Waals surface area contributed by atoms with E-state index < -0.39 is 5.60 Å². The van der Waals surface area contributed by atoms with E-state index in [-0.39, 0.29) is 12.2 Å². The number of hydrogen-bond donors (Lipinski definition) is 0. The Morgan fingerprint density at radius 3 is 2.39 bits per heavy atom. The third-order valence-corrected chi connectivity index (χ3v) is 4.71. The molecule has 0 atom stereocenters. The number of piperazine rings is 1. The average molecular weight is 391 g/mol. The van der Waals surface area contributed by atoms with E-state index >= 15 is 0 Å². The molecular formula is C19H29N5O4. The zero-order chi connectivity index (χ0) is 20.3. The number of hydrogen-bond acceptors (Lipinski definition) is 7. The zero-order valence-electron chi connectivity index (χ0n) is 17.1. The fraction of sp³-hybridized carbons (Fsp3) is 0.684. The number of fused-ring (bicyclic) bond motifs is 1. The molecule has 2 aliphatic heterocycles. The van der Waals surface area contributed by atoms with Gasteiger partial charge in [-0.1, -0.05) is 0 Å². The highest BCUT2D eigenvalue weighted by atomic mass is 16.6. The predicted octanol–water partition coefficient (Wildman–Crippen LogP) is 2.05. The number of amides is 2. The van der Waals surface area contributed by atoms with Crippen LogP contribution in [0.3, 0.4) is 0 Å². The number of carbonyl (C=O) groups is 2. The maximum Gasteiger partial charge on any atom is 0.410 e. The van der Waals surface area contributed by atoms with Gasteiger partial charge in [-0.3, -0.25) is 0 Å². The van der Waals surface area contributed by atoms with E-state index in [1.807, 2.05) is 26.8 Å². The van der Waals surface area contributed by atoms with E-state index in [0.717, 1.165) is 17.1 Å². The molecule has 2 aliphatic rings. The Bertz CT molecular complexity index is 726. The summed E-state index contributed by atoms with van der Waals surface area (Å²) >= 11 is 0. The monoisotopic (exact) mass is 391 g/mol. The largest absolute Gasteiger partial charge is 0.450 e. The van der Waals surface area contributed by atoms with Gasteiger partial charge < -0.3 is 24.2 Å². The second-order valence-corrected chi connectivity index (χ2v) is 8.00. The minimum atomic E-state index is -0.497. The van der Waals surface area contributed by atoms with E-state index in [2.05, 4.69) is 15.1 Å². The lowest BCUT2D eigenvalue weighted by Gasteiger charge is -2.36. The van der Waals surface area contributed by atoms with E-state index in [1.165, 1.54) is 0 Å². The fourth-order valence-electron chi connectivity index (χ4n) is 3.29. The quantitative estimate of drug-likeness (QED) is 0.762. The summed E-state index contributed by atoms with van der Waals surface area (Å²) in [5.41, 5.74) is 1.43. The molecule has 0 N–H and O–H groups in total. The van der Waals surface area contributed by atoms with E-state index in [9.17, 15) is 9.59 Å². The molecule has 0 unspecified atom stereocenters. The zero-order valence-corrected chi connectivity index (χ0v) is 17.1. The van der Waals surface area contributed by atoms with Crippen molar-refractivity contribution in [2.24, 2.45) is 0 Å². The Hall–Kier alpha value is -2.58. The molecular weight excluding hydrogens is 362 g/mol. The van der Waals surface area contributed by atoms with E-state index in [1.54, 1.807) is 16.7 Å². The summed E-state index contributed by atoms with van der Waals surface area (Å²) < 4.78 is 10.5. The molecule has 9 nitrogen and oxygen atoms in total. The van der Waals surface area contributed by atoms with Gasteiger partial charge in [-0.15, -0.1) is 5.10 Å². The third-order valence-electron chi connectivity index (χ3n) is 4.71. The van der Waals surface area contributed by atoms with Crippen LogP contribution in [0.5, 0.6) is 0 Å². The van der Waals surface area contributed by atoms with Crippen LogP contribution in [-0.2, 0) is 22.4 Å². The van der Waals surface area contributed by atoms with Crippen LogP contribution in [0.2, 0.25) is 0 Å². The highest BCUT2D eigenvalue weighted by molar-refractivity contribution is 5.69. The van der Waals surface area contributed by atoms with Gasteiger partial charge in [0.2, 0.25) is 0 Å². The number of carbonyl (C=O) groups excluding carboxylic acids is 2. The van der Waals surface area contributed by atoms with Crippen LogP contribution >= 0.6 is 0 Å². The number of ether oxygens (including phenoxy) is 2. The molecule has 0 spiro atoms. The topological polar surface area (TPSA) is 88.1 Å². The number of aromatic nitrogens is 2. The second kappa shape index (κ2) is 8.20. The number of anilines is 1. The SMILES string of the molecule is CCOC(=O)N1CCc2nnc(N3CCN(C(=O)OC(C)(C)C)CC3)cc2C1. The normalized spacial score (nSPS) is 17.2. The minimum absolute atomic E-state index is 0.284. The molecule has 2 amide bonds. The van der Waals surface area contributed by atoms with Gasteiger partial charge in [0.15, 0.2) is 5.82 Å². The highest BCUT2D eigenvalue weighted by Gasteiger charge is 2.28. The number of rotatable bonds is 2. The van der Waals surface area contributed by atoms with Crippen molar-refractivity contribution in [2.75, 3.05) is 44.2 Å². The molecule has 9 heteroatoms. The van der Waals surface area contributed by atoms with Gasteiger partial charge in [0.25, 0.3) is 0 Å². The molecule has 0 radical (unpaired) electrons. The van der Waals surface area contributed by atoms with Crippen molar-refractivity contribution >= 4 is 18.0 Å². The Balaban J connectivity index is 1.61. The molecule has 1 aromatic heterocycles. The van der Waals surface area contributed by atoms with Gasteiger partial charge in [0.1, 0.15) is 5.60 Å². The van der Waals surface area contributed by atoms with Gasteiger partial charge in [-0.25, -0.2) is 9.59 Å². The standard InChI is InChI=1S/C19H29N5O4/c1-5-27-17(25)24-7-6-15-14(13-24)12-16(21-20-15)22-8-10-23(11-9-22)18(26)28-19(2,3)4/h12H,5-11,13H2,1-4H3. The van der Waals surface area contributed by atoms with Gasteiger partial charge in [-0.05, 0) is 39.3 Å². The summed E-state index contributed by atoms with van der Waals surface area (Å²) in [5, 5.41) is 8.72. The van der Waals surface area contributed by atoms with Crippen LogP contribution in [0, 0.1) is 0 Å². The van der Waals surface area contributed by atoms with E-state index in [4.69, 9.17) is 9.47 Å². The molecule has 0 aliphatic carbocycles. The summed E-state index contributed by atoms with van der Waals surface area (Å²) in [6, 6.07) is 2.00. The summed E-state index contributed by atoms with van der Waals surface area (Å²) in [4.78, 5) is 29.7.